The summed E-state index contributed by atoms with van der Waals surface area (Å²) in [5.41, 5.74) is 5.07. The first-order valence-corrected chi connectivity index (χ1v) is 7.06. The summed E-state index contributed by atoms with van der Waals surface area (Å²) in [6, 6.07) is 8.42. The van der Waals surface area contributed by atoms with Gasteiger partial charge >= 0.3 is 0 Å². The Balaban J connectivity index is 2.12. The van der Waals surface area contributed by atoms with Crippen molar-refractivity contribution in [3.63, 3.8) is 0 Å². The van der Waals surface area contributed by atoms with Crippen LogP contribution in [0, 0.1) is 0 Å². The van der Waals surface area contributed by atoms with E-state index in [0.29, 0.717) is 11.6 Å². The van der Waals surface area contributed by atoms with Crippen LogP contribution in [-0.4, -0.2) is 23.6 Å². The predicted molar refractivity (Wildman–Crippen MR) is 82.8 cm³/mol. The van der Waals surface area contributed by atoms with E-state index in [4.69, 9.17) is 10.6 Å². The number of nitrogens with two attached hydrogens (primary N) is 1. The summed E-state index contributed by atoms with van der Waals surface area (Å²) in [5.74, 6) is 7.31. The zero-order chi connectivity index (χ0) is 14.7. The van der Waals surface area contributed by atoms with E-state index in [1.54, 1.807) is 7.11 Å². The fraction of sp³-hybridized carbons (Fsp3) is 0.333. The van der Waals surface area contributed by atoms with Gasteiger partial charge in [0.05, 0.1) is 7.11 Å². The number of nitrogens with zero attached hydrogens (tertiary/aromatic N) is 3. The van der Waals surface area contributed by atoms with Crippen molar-refractivity contribution in [2.45, 2.75) is 19.3 Å². The molecule has 0 saturated heterocycles. The molecule has 0 fully saturated rings. The van der Waals surface area contributed by atoms with Crippen molar-refractivity contribution in [2.24, 2.45) is 5.84 Å². The maximum atomic E-state index is 5.51. The maximum Gasteiger partial charge on any atom is 0.206 e. The fourth-order valence-electron chi connectivity index (χ4n) is 2.76. The van der Waals surface area contributed by atoms with Gasteiger partial charge in [-0.2, -0.15) is 0 Å². The minimum atomic E-state index is 0.490. The first kappa shape index (κ1) is 13.6. The SMILES string of the molecule is COc1c(NN)ncnc1N1CCCCc2ccccc21. The number of anilines is 3. The van der Waals surface area contributed by atoms with Gasteiger partial charge in [0.15, 0.2) is 11.6 Å². The average molecular weight is 285 g/mol. The Morgan fingerprint density at radius 3 is 2.90 bits per heavy atom. The number of para-hydroxylation sites is 1. The second kappa shape index (κ2) is 5.97. The number of hydrogen-bond donors (Lipinski definition) is 2. The zero-order valence-corrected chi connectivity index (χ0v) is 12.0. The Hall–Kier alpha value is -2.34. The molecule has 0 saturated carbocycles. The van der Waals surface area contributed by atoms with Gasteiger partial charge in [0.25, 0.3) is 0 Å². The van der Waals surface area contributed by atoms with Gasteiger partial charge in [0.1, 0.15) is 6.33 Å². The summed E-state index contributed by atoms with van der Waals surface area (Å²) < 4.78 is 5.47. The molecule has 0 unspecified atom stereocenters. The number of nitrogen functional groups attached to an aromatic ring is 1. The normalized spacial score (nSPS) is 14.3. The second-order valence-electron chi connectivity index (χ2n) is 4.96. The number of ether oxygens (including phenoxy) is 1. The van der Waals surface area contributed by atoms with Crippen molar-refractivity contribution in [3.8, 4) is 5.75 Å². The Morgan fingerprint density at radius 1 is 1.24 bits per heavy atom. The molecule has 3 rings (SSSR count). The summed E-state index contributed by atoms with van der Waals surface area (Å²) in [6.45, 7) is 0.897. The molecule has 2 aromatic rings. The van der Waals surface area contributed by atoms with Crippen LogP contribution in [0.15, 0.2) is 30.6 Å². The molecule has 1 aromatic heterocycles. The van der Waals surface area contributed by atoms with E-state index in [9.17, 15) is 0 Å². The van der Waals surface area contributed by atoms with Crippen molar-refractivity contribution in [1.29, 1.82) is 0 Å². The van der Waals surface area contributed by atoms with Gasteiger partial charge in [0, 0.05) is 12.2 Å². The van der Waals surface area contributed by atoms with E-state index < -0.39 is 0 Å². The molecule has 6 nitrogen and oxygen atoms in total. The lowest BCUT2D eigenvalue weighted by Crippen LogP contribution is -2.21. The second-order valence-corrected chi connectivity index (χ2v) is 4.96. The van der Waals surface area contributed by atoms with E-state index >= 15 is 0 Å². The Bertz CT molecular complexity index is 631. The number of benzene rings is 1. The third-order valence-electron chi connectivity index (χ3n) is 3.74. The van der Waals surface area contributed by atoms with Crippen LogP contribution in [0.4, 0.5) is 17.3 Å². The van der Waals surface area contributed by atoms with Crippen LogP contribution in [-0.2, 0) is 6.42 Å². The molecule has 0 radical (unpaired) electrons. The van der Waals surface area contributed by atoms with E-state index in [-0.39, 0.29) is 0 Å². The van der Waals surface area contributed by atoms with Crippen molar-refractivity contribution >= 4 is 17.3 Å². The third-order valence-corrected chi connectivity index (χ3v) is 3.74. The molecule has 110 valence electrons. The van der Waals surface area contributed by atoms with E-state index in [1.807, 2.05) is 6.07 Å². The number of hydrogen-bond acceptors (Lipinski definition) is 6. The van der Waals surface area contributed by atoms with Crippen LogP contribution in [0.5, 0.6) is 5.75 Å². The number of hydrazine groups is 1. The molecular formula is C15H19N5O. The smallest absolute Gasteiger partial charge is 0.206 e. The van der Waals surface area contributed by atoms with Crippen LogP contribution in [0.3, 0.4) is 0 Å². The Kier molecular flexibility index (Phi) is 3.87. The highest BCUT2D eigenvalue weighted by Crippen LogP contribution is 2.38. The monoisotopic (exact) mass is 285 g/mol. The van der Waals surface area contributed by atoms with Crippen molar-refractivity contribution in [2.75, 3.05) is 24.0 Å². The van der Waals surface area contributed by atoms with Gasteiger partial charge < -0.3 is 15.1 Å². The van der Waals surface area contributed by atoms with Gasteiger partial charge in [-0.1, -0.05) is 18.2 Å². The van der Waals surface area contributed by atoms with E-state index in [2.05, 4.69) is 38.5 Å². The van der Waals surface area contributed by atoms with E-state index in [1.165, 1.54) is 24.0 Å². The standard InChI is InChI=1S/C15H19N5O/c1-21-13-14(19-16)17-10-18-15(13)20-9-5-4-7-11-6-2-3-8-12(11)20/h2-3,6,8,10H,4-5,7,9,16H2,1H3,(H,17,18,19). The molecule has 2 heterocycles. The summed E-state index contributed by atoms with van der Waals surface area (Å²) >= 11 is 0. The predicted octanol–water partition coefficient (Wildman–Crippen LogP) is 2.25. The largest absolute Gasteiger partial charge is 0.490 e. The first-order valence-electron chi connectivity index (χ1n) is 7.06. The number of aromatic nitrogens is 2. The van der Waals surface area contributed by atoms with E-state index in [0.717, 1.165) is 25.2 Å². The molecule has 3 N–H and O–H groups in total. The number of fused-ring (bicyclic) bond motifs is 1. The number of aryl methyl sites for hydroxylation is 1. The quantitative estimate of drug-likeness (QED) is 0.665. The molecular weight excluding hydrogens is 266 g/mol. The molecule has 0 aliphatic carbocycles. The Labute approximate surface area is 123 Å². The minimum absolute atomic E-state index is 0.490. The first-order chi connectivity index (χ1) is 10.3. The van der Waals surface area contributed by atoms with Gasteiger partial charge in [-0.05, 0) is 30.9 Å². The lowest BCUT2D eigenvalue weighted by molar-refractivity contribution is 0.413. The number of rotatable bonds is 3. The molecule has 1 aliphatic rings. The minimum Gasteiger partial charge on any atom is -0.490 e. The fourth-order valence-corrected chi connectivity index (χ4v) is 2.76. The summed E-state index contributed by atoms with van der Waals surface area (Å²) in [7, 11) is 1.60. The van der Waals surface area contributed by atoms with Crippen molar-refractivity contribution in [1.82, 2.24) is 9.97 Å². The number of methoxy groups -OCH3 is 1. The van der Waals surface area contributed by atoms with Crippen LogP contribution in [0.25, 0.3) is 0 Å². The molecule has 6 heteroatoms. The highest BCUT2D eigenvalue weighted by atomic mass is 16.5. The topological polar surface area (TPSA) is 76.3 Å². The summed E-state index contributed by atoms with van der Waals surface area (Å²) in [6.07, 6.45) is 4.86. The molecule has 0 atom stereocenters. The highest BCUT2D eigenvalue weighted by Gasteiger charge is 2.22. The summed E-state index contributed by atoms with van der Waals surface area (Å²) in [5, 5.41) is 0. The molecule has 0 amide bonds. The van der Waals surface area contributed by atoms with Gasteiger partial charge in [-0.25, -0.2) is 15.8 Å². The van der Waals surface area contributed by atoms with Gasteiger partial charge in [0.2, 0.25) is 5.75 Å². The number of nitrogens with one attached hydrogen (secondary N) is 1. The van der Waals surface area contributed by atoms with Gasteiger partial charge in [-0.3, -0.25) is 0 Å². The van der Waals surface area contributed by atoms with Crippen molar-refractivity contribution < 1.29 is 4.74 Å². The molecule has 0 spiro atoms. The van der Waals surface area contributed by atoms with Crippen LogP contribution >= 0.6 is 0 Å². The van der Waals surface area contributed by atoms with Gasteiger partial charge in [-0.15, -0.1) is 0 Å². The molecule has 0 bridgehead atoms. The highest BCUT2D eigenvalue weighted by molar-refractivity contribution is 5.73. The zero-order valence-electron chi connectivity index (χ0n) is 12.0. The summed E-state index contributed by atoms with van der Waals surface area (Å²) in [4.78, 5) is 10.7. The van der Waals surface area contributed by atoms with Crippen LogP contribution in [0.1, 0.15) is 18.4 Å². The van der Waals surface area contributed by atoms with Crippen molar-refractivity contribution in [3.05, 3.63) is 36.2 Å². The average Bonchev–Trinajstić information content (AvgIpc) is 2.76. The lowest BCUT2D eigenvalue weighted by Gasteiger charge is -2.25. The van der Waals surface area contributed by atoms with Crippen LogP contribution in [0.2, 0.25) is 0 Å². The molecule has 21 heavy (non-hydrogen) atoms. The van der Waals surface area contributed by atoms with Crippen LogP contribution < -0.4 is 20.9 Å². The lowest BCUT2D eigenvalue weighted by atomic mass is 10.1. The molecule has 1 aromatic carbocycles. The third kappa shape index (κ3) is 2.50. The Morgan fingerprint density at radius 2 is 2.10 bits per heavy atom. The molecule has 1 aliphatic heterocycles. The maximum absolute atomic E-state index is 5.51.